The first-order valence-corrected chi connectivity index (χ1v) is 14.1. The molecule has 2 atom stereocenters. The highest BCUT2D eigenvalue weighted by Crippen LogP contribution is 2.44. The number of anilines is 2. The minimum atomic E-state index is -0.0820. The van der Waals surface area contributed by atoms with E-state index in [9.17, 15) is 0 Å². The van der Waals surface area contributed by atoms with Gasteiger partial charge in [-0.15, -0.1) is 0 Å². The fourth-order valence-corrected chi connectivity index (χ4v) is 6.28. The molecular weight excluding hydrogens is 558 g/mol. The summed E-state index contributed by atoms with van der Waals surface area (Å²) in [6.45, 7) is 7.72. The molecule has 0 amide bonds. The summed E-state index contributed by atoms with van der Waals surface area (Å²) >= 11 is 9.54. The number of morpholine rings is 1. The number of thiocarbonyl (C=S) groups is 1. The van der Waals surface area contributed by atoms with Crippen molar-refractivity contribution in [1.29, 1.82) is 0 Å². The minimum Gasteiger partial charge on any atom is -0.378 e. The van der Waals surface area contributed by atoms with Crippen molar-refractivity contribution in [1.82, 2.24) is 14.9 Å². The van der Waals surface area contributed by atoms with Crippen molar-refractivity contribution in [3.8, 4) is 5.69 Å². The van der Waals surface area contributed by atoms with Gasteiger partial charge in [-0.3, -0.25) is 4.98 Å². The van der Waals surface area contributed by atoms with Crippen molar-refractivity contribution in [3.05, 3.63) is 106 Å². The fourth-order valence-electron chi connectivity index (χ4n) is 5.67. The maximum Gasteiger partial charge on any atom is 0.174 e. The monoisotopic (exact) mass is 587 g/mol. The first-order chi connectivity index (χ1) is 18.5. The SMILES string of the molecule is Cc1cc([C@@H]2[C@@H](c3ccccn3)NC(=S)N2c2ccc(N3CCOCC3)cc2)c(C)n1-c1ccc(Br)cc1. The number of aryl methyl sites for hydroxylation is 1. The molecule has 2 aliphatic rings. The lowest BCUT2D eigenvalue weighted by Gasteiger charge is -2.31. The molecule has 0 aliphatic carbocycles. The minimum absolute atomic E-state index is 0.0537. The van der Waals surface area contributed by atoms with Crippen LogP contribution in [0, 0.1) is 13.8 Å². The molecule has 38 heavy (non-hydrogen) atoms. The number of hydrogen-bond acceptors (Lipinski definition) is 4. The molecule has 2 fully saturated rings. The predicted molar refractivity (Wildman–Crippen MR) is 160 cm³/mol. The highest BCUT2D eigenvalue weighted by Gasteiger charge is 2.42. The van der Waals surface area contributed by atoms with Gasteiger partial charge in [0.2, 0.25) is 0 Å². The summed E-state index contributed by atoms with van der Waals surface area (Å²) in [7, 11) is 0. The third-order valence-corrected chi connectivity index (χ3v) is 8.32. The van der Waals surface area contributed by atoms with Gasteiger partial charge in [-0.05, 0) is 98.4 Å². The summed E-state index contributed by atoms with van der Waals surface area (Å²) in [4.78, 5) is 9.35. The smallest absolute Gasteiger partial charge is 0.174 e. The van der Waals surface area contributed by atoms with Gasteiger partial charge in [-0.25, -0.2) is 0 Å². The van der Waals surface area contributed by atoms with E-state index < -0.39 is 0 Å². The van der Waals surface area contributed by atoms with E-state index in [0.29, 0.717) is 5.11 Å². The molecule has 0 radical (unpaired) electrons. The molecule has 6 nitrogen and oxygen atoms in total. The van der Waals surface area contributed by atoms with Gasteiger partial charge in [-0.2, -0.15) is 0 Å². The number of nitrogens with zero attached hydrogens (tertiary/aromatic N) is 4. The Morgan fingerprint density at radius 3 is 2.29 bits per heavy atom. The van der Waals surface area contributed by atoms with Crippen molar-refractivity contribution in [2.75, 3.05) is 36.1 Å². The van der Waals surface area contributed by atoms with Crippen molar-refractivity contribution >= 4 is 44.6 Å². The van der Waals surface area contributed by atoms with Crippen LogP contribution >= 0.6 is 28.1 Å². The van der Waals surface area contributed by atoms with Crippen molar-refractivity contribution in [2.24, 2.45) is 0 Å². The van der Waals surface area contributed by atoms with Crippen molar-refractivity contribution in [3.63, 3.8) is 0 Å². The van der Waals surface area contributed by atoms with Gasteiger partial charge < -0.3 is 24.4 Å². The Labute approximate surface area is 237 Å². The zero-order chi connectivity index (χ0) is 26.2. The summed E-state index contributed by atoms with van der Waals surface area (Å²) in [5.41, 5.74) is 7.99. The number of hydrogen-bond donors (Lipinski definition) is 1. The van der Waals surface area contributed by atoms with Crippen molar-refractivity contribution in [2.45, 2.75) is 25.9 Å². The van der Waals surface area contributed by atoms with Crippen LogP contribution in [0.1, 0.15) is 34.7 Å². The Bertz CT molecular complexity index is 1430. The first kappa shape index (κ1) is 25.1. The van der Waals surface area contributed by atoms with E-state index in [1.54, 1.807) is 0 Å². The predicted octanol–water partition coefficient (Wildman–Crippen LogP) is 6.27. The molecule has 2 saturated heterocycles. The molecule has 6 rings (SSSR count). The average Bonchev–Trinajstić information content (AvgIpc) is 3.45. The van der Waals surface area contributed by atoms with Gasteiger partial charge >= 0.3 is 0 Å². The van der Waals surface area contributed by atoms with Crippen LogP contribution in [0.2, 0.25) is 0 Å². The number of halogens is 1. The lowest BCUT2D eigenvalue weighted by atomic mass is 9.96. The normalized spacial score (nSPS) is 19.6. The lowest BCUT2D eigenvalue weighted by Crippen LogP contribution is -2.36. The molecule has 8 heteroatoms. The zero-order valence-corrected chi connectivity index (χ0v) is 23.9. The van der Waals surface area contributed by atoms with E-state index in [0.717, 1.165) is 47.8 Å². The summed E-state index contributed by atoms with van der Waals surface area (Å²) in [6, 6.07) is 25.4. The van der Waals surface area contributed by atoms with E-state index in [1.807, 2.05) is 18.3 Å². The maximum atomic E-state index is 5.97. The molecule has 0 saturated carbocycles. The number of nitrogens with one attached hydrogen (secondary N) is 1. The second kappa shape index (κ2) is 10.5. The Hall–Kier alpha value is -3.20. The highest BCUT2D eigenvalue weighted by molar-refractivity contribution is 9.10. The van der Waals surface area contributed by atoms with Crippen LogP contribution in [0.25, 0.3) is 5.69 Å². The maximum absolute atomic E-state index is 5.97. The summed E-state index contributed by atoms with van der Waals surface area (Å²) in [5, 5.41) is 4.31. The van der Waals surface area contributed by atoms with Gasteiger partial charge in [0.15, 0.2) is 5.11 Å². The van der Waals surface area contributed by atoms with Crippen LogP contribution in [-0.2, 0) is 4.74 Å². The lowest BCUT2D eigenvalue weighted by molar-refractivity contribution is 0.122. The van der Waals surface area contributed by atoms with Crippen LogP contribution in [0.15, 0.2) is 83.5 Å². The number of rotatable bonds is 5. The molecular formula is C30H30BrN5OS. The van der Waals surface area contributed by atoms with Gasteiger partial charge in [0.05, 0.1) is 31.0 Å². The summed E-state index contributed by atoms with van der Waals surface area (Å²) in [6.07, 6.45) is 1.85. The summed E-state index contributed by atoms with van der Waals surface area (Å²) < 4.78 is 8.92. The second-order valence-corrected chi connectivity index (χ2v) is 11.1. The largest absolute Gasteiger partial charge is 0.378 e. The Balaban J connectivity index is 1.43. The van der Waals surface area contributed by atoms with E-state index in [2.05, 4.69) is 110 Å². The van der Waals surface area contributed by atoms with E-state index in [4.69, 9.17) is 21.9 Å². The number of aromatic nitrogens is 2. The molecule has 1 N–H and O–H groups in total. The molecule has 2 aromatic carbocycles. The molecule has 194 valence electrons. The topological polar surface area (TPSA) is 45.6 Å². The molecule has 4 heterocycles. The summed E-state index contributed by atoms with van der Waals surface area (Å²) in [5.74, 6) is 0. The third-order valence-electron chi connectivity index (χ3n) is 7.48. The molecule has 2 aromatic heterocycles. The first-order valence-electron chi connectivity index (χ1n) is 12.9. The van der Waals surface area contributed by atoms with E-state index >= 15 is 0 Å². The van der Waals surface area contributed by atoms with Crippen LogP contribution in [0.3, 0.4) is 0 Å². The van der Waals surface area contributed by atoms with E-state index in [1.165, 1.54) is 22.6 Å². The van der Waals surface area contributed by atoms with Crippen LogP contribution in [0.5, 0.6) is 0 Å². The van der Waals surface area contributed by atoms with Crippen LogP contribution in [-0.4, -0.2) is 41.0 Å². The van der Waals surface area contributed by atoms with Gasteiger partial charge in [0.1, 0.15) is 0 Å². The highest BCUT2D eigenvalue weighted by atomic mass is 79.9. The third kappa shape index (κ3) is 4.61. The Morgan fingerprint density at radius 1 is 0.921 bits per heavy atom. The second-order valence-electron chi connectivity index (χ2n) is 9.75. The standard InChI is InChI=1S/C30H30BrN5OS/c1-20-19-26(21(2)35(20)24-8-6-22(31)7-9-24)29-28(27-5-3-4-14-32-27)33-30(38)36(29)25-12-10-23(11-13-25)34-15-17-37-18-16-34/h3-14,19,28-29H,15-18H2,1-2H3,(H,33,38)/t28-,29-/m1/s1. The number of pyridine rings is 1. The molecule has 0 bridgehead atoms. The molecule has 4 aromatic rings. The van der Waals surface area contributed by atoms with Gasteiger partial charge in [-0.1, -0.05) is 22.0 Å². The zero-order valence-electron chi connectivity index (χ0n) is 21.5. The Kier molecular flexibility index (Phi) is 6.95. The molecule has 2 aliphatic heterocycles. The van der Waals surface area contributed by atoms with E-state index in [-0.39, 0.29) is 12.1 Å². The number of ether oxygens (including phenoxy) is 1. The molecule has 0 unspecified atom stereocenters. The fraction of sp³-hybridized carbons (Fsp3) is 0.267. The molecule has 0 spiro atoms. The van der Waals surface area contributed by atoms with Gasteiger partial charge in [0.25, 0.3) is 0 Å². The average molecular weight is 589 g/mol. The van der Waals surface area contributed by atoms with Gasteiger partial charge in [0, 0.05) is 52.2 Å². The Morgan fingerprint density at radius 2 is 1.61 bits per heavy atom. The number of benzene rings is 2. The van der Waals surface area contributed by atoms with Crippen LogP contribution < -0.4 is 15.1 Å². The van der Waals surface area contributed by atoms with Crippen molar-refractivity contribution < 1.29 is 4.74 Å². The van der Waals surface area contributed by atoms with Crippen LogP contribution in [0.4, 0.5) is 11.4 Å². The quantitative estimate of drug-likeness (QED) is 0.278.